The van der Waals surface area contributed by atoms with Gasteiger partial charge in [0, 0.05) is 11.2 Å². The molecule has 3 rings (SSSR count). The molecule has 5 nitrogen and oxygen atoms in total. The van der Waals surface area contributed by atoms with Crippen LogP contribution in [0.1, 0.15) is 5.69 Å². The van der Waals surface area contributed by atoms with Crippen LogP contribution >= 0.6 is 0 Å². The van der Waals surface area contributed by atoms with Gasteiger partial charge in [-0.1, -0.05) is 30.3 Å². The van der Waals surface area contributed by atoms with Crippen molar-refractivity contribution in [3.63, 3.8) is 0 Å². The van der Waals surface area contributed by atoms with Gasteiger partial charge in [-0.25, -0.2) is 13.1 Å². The number of hydrogen-bond donors (Lipinski definition) is 2. The zero-order valence-electron chi connectivity index (χ0n) is 12.0. The molecule has 0 aliphatic carbocycles. The standard InChI is InChI=1S/C16H16N2O3S/c1-21-15-8-4-5-9-16(15)22(19,20)17-11-13-10-12-6-2-3-7-14(12)18-13/h2-10,17-18H,11H2,1H3. The topological polar surface area (TPSA) is 71.2 Å². The minimum Gasteiger partial charge on any atom is -0.495 e. The van der Waals surface area contributed by atoms with Crippen molar-refractivity contribution in [3.8, 4) is 5.75 Å². The number of nitrogens with one attached hydrogen (secondary N) is 2. The summed E-state index contributed by atoms with van der Waals surface area (Å²) >= 11 is 0. The Morgan fingerprint density at radius 2 is 1.82 bits per heavy atom. The molecular weight excluding hydrogens is 300 g/mol. The second kappa shape index (κ2) is 5.82. The zero-order chi connectivity index (χ0) is 15.6. The van der Waals surface area contributed by atoms with Crippen molar-refractivity contribution in [1.29, 1.82) is 0 Å². The Hall–Kier alpha value is -2.31. The van der Waals surface area contributed by atoms with Gasteiger partial charge in [-0.2, -0.15) is 0 Å². The Kier molecular flexibility index (Phi) is 3.87. The molecule has 0 spiro atoms. The number of fused-ring (bicyclic) bond motifs is 1. The van der Waals surface area contributed by atoms with E-state index in [4.69, 9.17) is 4.74 Å². The molecule has 1 heterocycles. The maximum Gasteiger partial charge on any atom is 0.244 e. The Balaban J connectivity index is 1.82. The summed E-state index contributed by atoms with van der Waals surface area (Å²) < 4.78 is 32.5. The van der Waals surface area contributed by atoms with Gasteiger partial charge in [0.05, 0.1) is 13.7 Å². The van der Waals surface area contributed by atoms with E-state index in [0.717, 1.165) is 16.6 Å². The van der Waals surface area contributed by atoms with Gasteiger partial charge in [0.15, 0.2) is 0 Å². The van der Waals surface area contributed by atoms with E-state index in [-0.39, 0.29) is 11.4 Å². The number of ether oxygens (including phenoxy) is 1. The highest BCUT2D eigenvalue weighted by atomic mass is 32.2. The summed E-state index contributed by atoms with van der Waals surface area (Å²) in [6.45, 7) is 0.190. The van der Waals surface area contributed by atoms with Crippen LogP contribution in [0, 0.1) is 0 Å². The fraction of sp³-hybridized carbons (Fsp3) is 0.125. The smallest absolute Gasteiger partial charge is 0.244 e. The summed E-state index contributed by atoms with van der Waals surface area (Å²) in [6, 6.07) is 16.3. The zero-order valence-corrected chi connectivity index (χ0v) is 12.9. The van der Waals surface area contributed by atoms with Gasteiger partial charge >= 0.3 is 0 Å². The van der Waals surface area contributed by atoms with E-state index in [9.17, 15) is 8.42 Å². The molecule has 6 heteroatoms. The molecule has 0 amide bonds. The highest BCUT2D eigenvalue weighted by molar-refractivity contribution is 7.89. The van der Waals surface area contributed by atoms with Crippen LogP contribution in [-0.4, -0.2) is 20.5 Å². The van der Waals surface area contributed by atoms with E-state index in [1.54, 1.807) is 18.2 Å². The van der Waals surface area contributed by atoms with Gasteiger partial charge in [0.25, 0.3) is 0 Å². The van der Waals surface area contributed by atoms with Crippen LogP contribution in [0.5, 0.6) is 5.75 Å². The average molecular weight is 316 g/mol. The lowest BCUT2D eigenvalue weighted by molar-refractivity contribution is 0.402. The van der Waals surface area contributed by atoms with Crippen molar-refractivity contribution >= 4 is 20.9 Å². The molecule has 2 N–H and O–H groups in total. The maximum atomic E-state index is 12.4. The number of aromatic nitrogens is 1. The van der Waals surface area contributed by atoms with E-state index in [1.165, 1.54) is 13.2 Å². The van der Waals surface area contributed by atoms with Crippen LogP contribution < -0.4 is 9.46 Å². The molecule has 0 unspecified atom stereocenters. The van der Waals surface area contributed by atoms with Gasteiger partial charge in [-0.15, -0.1) is 0 Å². The predicted octanol–water partition coefficient (Wildman–Crippen LogP) is 2.66. The lowest BCUT2D eigenvalue weighted by Gasteiger charge is -2.09. The van der Waals surface area contributed by atoms with Crippen molar-refractivity contribution in [2.24, 2.45) is 0 Å². The number of sulfonamides is 1. The highest BCUT2D eigenvalue weighted by Crippen LogP contribution is 2.23. The normalized spacial score (nSPS) is 11.7. The minimum atomic E-state index is -3.63. The van der Waals surface area contributed by atoms with Crippen LogP contribution in [0.3, 0.4) is 0 Å². The summed E-state index contributed by atoms with van der Waals surface area (Å²) in [5.41, 5.74) is 1.79. The molecule has 1 aromatic heterocycles. The van der Waals surface area contributed by atoms with E-state index in [0.29, 0.717) is 5.75 Å². The van der Waals surface area contributed by atoms with Gasteiger partial charge in [-0.05, 0) is 29.7 Å². The minimum absolute atomic E-state index is 0.133. The maximum absolute atomic E-state index is 12.4. The monoisotopic (exact) mass is 316 g/mol. The molecule has 0 aliphatic rings. The first kappa shape index (κ1) is 14.6. The lowest BCUT2D eigenvalue weighted by atomic mass is 10.2. The molecule has 0 fully saturated rings. The Morgan fingerprint density at radius 3 is 2.59 bits per heavy atom. The molecule has 22 heavy (non-hydrogen) atoms. The van der Waals surface area contributed by atoms with Crippen molar-refractivity contribution < 1.29 is 13.2 Å². The van der Waals surface area contributed by atoms with Crippen LogP contribution in [0.15, 0.2) is 59.5 Å². The Labute approximate surface area is 129 Å². The summed E-state index contributed by atoms with van der Waals surface area (Å²) in [4.78, 5) is 3.32. The van der Waals surface area contributed by atoms with Crippen molar-refractivity contribution in [2.75, 3.05) is 7.11 Å². The molecule has 0 aliphatic heterocycles. The number of benzene rings is 2. The van der Waals surface area contributed by atoms with Gasteiger partial charge in [-0.3, -0.25) is 0 Å². The van der Waals surface area contributed by atoms with Gasteiger partial charge < -0.3 is 9.72 Å². The molecule has 114 valence electrons. The third kappa shape index (κ3) is 2.84. The van der Waals surface area contributed by atoms with E-state index >= 15 is 0 Å². The first-order valence-electron chi connectivity index (χ1n) is 6.79. The van der Waals surface area contributed by atoms with E-state index in [2.05, 4.69) is 9.71 Å². The predicted molar refractivity (Wildman–Crippen MR) is 85.3 cm³/mol. The molecule has 0 saturated heterocycles. The second-order valence-electron chi connectivity index (χ2n) is 4.86. The first-order chi connectivity index (χ1) is 10.6. The quantitative estimate of drug-likeness (QED) is 0.760. The van der Waals surface area contributed by atoms with Crippen molar-refractivity contribution in [3.05, 3.63) is 60.3 Å². The van der Waals surface area contributed by atoms with Gasteiger partial charge in [0.2, 0.25) is 10.0 Å². The molecule has 0 bridgehead atoms. The van der Waals surface area contributed by atoms with Crippen molar-refractivity contribution in [1.82, 2.24) is 9.71 Å². The SMILES string of the molecule is COc1ccccc1S(=O)(=O)NCc1cc2ccccc2[nH]1. The molecule has 2 aromatic carbocycles. The third-order valence-electron chi connectivity index (χ3n) is 3.40. The third-order valence-corrected chi connectivity index (χ3v) is 4.84. The number of para-hydroxylation sites is 2. The number of methoxy groups -OCH3 is 1. The number of hydrogen-bond acceptors (Lipinski definition) is 3. The van der Waals surface area contributed by atoms with Crippen molar-refractivity contribution in [2.45, 2.75) is 11.4 Å². The highest BCUT2D eigenvalue weighted by Gasteiger charge is 2.18. The molecule has 0 atom stereocenters. The summed E-state index contributed by atoms with van der Waals surface area (Å²) in [6.07, 6.45) is 0. The van der Waals surface area contributed by atoms with Crippen LogP contribution in [0.25, 0.3) is 10.9 Å². The van der Waals surface area contributed by atoms with E-state index < -0.39 is 10.0 Å². The average Bonchev–Trinajstić information content (AvgIpc) is 2.96. The molecular formula is C16H16N2O3S. The van der Waals surface area contributed by atoms with E-state index in [1.807, 2.05) is 30.3 Å². The Morgan fingerprint density at radius 1 is 1.09 bits per heavy atom. The summed E-state index contributed by atoms with van der Waals surface area (Å²) in [7, 11) is -2.18. The molecule has 0 radical (unpaired) electrons. The fourth-order valence-corrected chi connectivity index (χ4v) is 3.49. The number of aromatic amines is 1. The Bertz CT molecular complexity index is 867. The first-order valence-corrected chi connectivity index (χ1v) is 8.28. The number of H-pyrrole nitrogens is 1. The summed E-state index contributed by atoms with van der Waals surface area (Å²) in [5.74, 6) is 0.326. The summed E-state index contributed by atoms with van der Waals surface area (Å²) in [5, 5.41) is 1.05. The lowest BCUT2D eigenvalue weighted by Crippen LogP contribution is -2.23. The largest absolute Gasteiger partial charge is 0.495 e. The second-order valence-corrected chi connectivity index (χ2v) is 6.59. The molecule has 0 saturated carbocycles. The fourth-order valence-electron chi connectivity index (χ4n) is 2.32. The number of rotatable bonds is 5. The van der Waals surface area contributed by atoms with Gasteiger partial charge in [0.1, 0.15) is 10.6 Å². The van der Waals surface area contributed by atoms with Crippen LogP contribution in [0.4, 0.5) is 0 Å². The molecule has 3 aromatic rings. The van der Waals surface area contributed by atoms with Crippen LogP contribution in [-0.2, 0) is 16.6 Å². The van der Waals surface area contributed by atoms with Crippen LogP contribution in [0.2, 0.25) is 0 Å².